The number of aliphatic hydroxyl groups is 1. The molecular weight excluding hydrogens is 625 g/mol. The van der Waals surface area contributed by atoms with E-state index in [2.05, 4.69) is 5.32 Å². The highest BCUT2D eigenvalue weighted by Gasteiger charge is 2.33. The molecule has 1 heterocycles. The molecule has 0 unspecified atom stereocenters. The van der Waals surface area contributed by atoms with Crippen molar-refractivity contribution in [3.05, 3.63) is 53.8 Å². The number of nitrogens with zero attached hydrogens (tertiary/aromatic N) is 2. The van der Waals surface area contributed by atoms with Gasteiger partial charge in [-0.15, -0.1) is 0 Å². The number of rotatable bonds is 8. The highest BCUT2D eigenvalue weighted by Crippen LogP contribution is 2.30. The Hall–Kier alpha value is -3.06. The number of likely N-dealkylation sites (N-methyl/N-ethyl adjacent to an activating group) is 1. The van der Waals surface area contributed by atoms with E-state index in [0.29, 0.717) is 24.5 Å². The Bertz CT molecular complexity index is 1450. The Balaban J connectivity index is 1.62. The molecule has 12 heteroatoms. The zero-order chi connectivity index (χ0) is 34.1. The zero-order valence-electron chi connectivity index (χ0n) is 28.0. The van der Waals surface area contributed by atoms with Crippen molar-refractivity contribution < 1.29 is 37.0 Å². The molecule has 260 valence electrons. The monoisotopic (exact) mass is 675 g/mol. The van der Waals surface area contributed by atoms with Crippen molar-refractivity contribution in [3.63, 3.8) is 0 Å². The van der Waals surface area contributed by atoms with E-state index in [0.717, 1.165) is 57.1 Å². The van der Waals surface area contributed by atoms with E-state index in [1.54, 1.807) is 30.0 Å². The molecule has 1 aliphatic carbocycles. The number of carbonyl (C=O) groups is 2. The molecular formula is C35H50FN3O7S. The topological polar surface area (TPSA) is 125 Å². The Morgan fingerprint density at radius 3 is 2.43 bits per heavy atom. The van der Waals surface area contributed by atoms with E-state index < -0.39 is 28.0 Å². The van der Waals surface area contributed by atoms with Gasteiger partial charge in [0.15, 0.2) is 0 Å². The number of amides is 2. The minimum absolute atomic E-state index is 0.00383. The van der Waals surface area contributed by atoms with Gasteiger partial charge in [-0.1, -0.05) is 26.2 Å². The molecule has 1 saturated carbocycles. The van der Waals surface area contributed by atoms with E-state index in [-0.39, 0.29) is 59.9 Å². The van der Waals surface area contributed by atoms with E-state index in [1.807, 2.05) is 13.8 Å². The first-order valence-electron chi connectivity index (χ1n) is 16.8. The van der Waals surface area contributed by atoms with E-state index in [4.69, 9.17) is 9.47 Å². The summed E-state index contributed by atoms with van der Waals surface area (Å²) in [7, 11) is -2.48. The van der Waals surface area contributed by atoms with Crippen LogP contribution >= 0.6 is 0 Å². The van der Waals surface area contributed by atoms with Crippen LogP contribution in [0.15, 0.2) is 47.4 Å². The summed E-state index contributed by atoms with van der Waals surface area (Å²) in [5.74, 6) is -0.968. The molecule has 2 amide bonds. The van der Waals surface area contributed by atoms with Crippen molar-refractivity contribution in [1.82, 2.24) is 9.21 Å². The lowest BCUT2D eigenvalue weighted by Crippen LogP contribution is -2.48. The number of anilines is 1. The molecule has 2 aromatic rings. The number of ether oxygens (including phenoxy) is 2. The first kappa shape index (κ1) is 36.8. The molecule has 2 aromatic carbocycles. The van der Waals surface area contributed by atoms with Crippen molar-refractivity contribution in [1.29, 1.82) is 0 Å². The molecule has 4 atom stereocenters. The smallest absolute Gasteiger partial charge is 0.258 e. The molecule has 2 N–H and O–H groups in total. The maximum absolute atomic E-state index is 14.3. The second-order valence-electron chi connectivity index (χ2n) is 13.1. The number of hydrogen-bond acceptors (Lipinski definition) is 7. The molecule has 1 aliphatic heterocycles. The molecule has 0 bridgehead atoms. The van der Waals surface area contributed by atoms with Crippen molar-refractivity contribution in [2.75, 3.05) is 38.7 Å². The van der Waals surface area contributed by atoms with Gasteiger partial charge in [0.25, 0.3) is 5.91 Å². The summed E-state index contributed by atoms with van der Waals surface area (Å²) in [6.45, 7) is 5.82. The summed E-state index contributed by atoms with van der Waals surface area (Å²) < 4.78 is 53.9. The average molecular weight is 676 g/mol. The fourth-order valence-electron chi connectivity index (χ4n) is 6.21. The van der Waals surface area contributed by atoms with Crippen LogP contribution in [-0.2, 0) is 19.6 Å². The minimum atomic E-state index is -3.94. The van der Waals surface area contributed by atoms with Crippen LogP contribution in [-0.4, -0.2) is 86.1 Å². The lowest BCUT2D eigenvalue weighted by atomic mass is 9.88. The van der Waals surface area contributed by atoms with Crippen LogP contribution in [0, 0.1) is 17.7 Å². The molecule has 4 rings (SSSR count). The summed E-state index contributed by atoms with van der Waals surface area (Å²) in [5, 5.41) is 13.2. The molecule has 47 heavy (non-hydrogen) atoms. The molecule has 0 radical (unpaired) electrons. The second kappa shape index (κ2) is 16.9. The van der Waals surface area contributed by atoms with Gasteiger partial charge in [-0.05, 0) is 88.4 Å². The average Bonchev–Trinajstić information content (AvgIpc) is 3.06. The number of fused-ring (bicyclic) bond motifs is 1. The first-order valence-corrected chi connectivity index (χ1v) is 18.2. The van der Waals surface area contributed by atoms with E-state index in [1.165, 1.54) is 23.5 Å². The van der Waals surface area contributed by atoms with Crippen LogP contribution in [0.2, 0.25) is 0 Å². The van der Waals surface area contributed by atoms with Crippen molar-refractivity contribution >= 4 is 27.5 Å². The molecule has 10 nitrogen and oxygen atoms in total. The van der Waals surface area contributed by atoms with Crippen LogP contribution in [0.25, 0.3) is 0 Å². The molecule has 0 spiro atoms. The van der Waals surface area contributed by atoms with Crippen LogP contribution < -0.4 is 10.1 Å². The normalized spacial score (nSPS) is 23.0. The van der Waals surface area contributed by atoms with Gasteiger partial charge in [-0.2, -0.15) is 4.31 Å². The number of carbonyl (C=O) groups excluding carboxylic acids is 2. The Morgan fingerprint density at radius 1 is 1.06 bits per heavy atom. The summed E-state index contributed by atoms with van der Waals surface area (Å²) >= 11 is 0. The maximum atomic E-state index is 14.3. The van der Waals surface area contributed by atoms with E-state index in [9.17, 15) is 27.5 Å². The van der Waals surface area contributed by atoms with Gasteiger partial charge in [0.05, 0.1) is 35.3 Å². The van der Waals surface area contributed by atoms with Gasteiger partial charge in [0.2, 0.25) is 15.9 Å². The lowest BCUT2D eigenvalue weighted by molar-refractivity contribution is -0.120. The number of nitrogens with one attached hydrogen (secondary N) is 1. The highest BCUT2D eigenvalue weighted by atomic mass is 32.2. The van der Waals surface area contributed by atoms with Gasteiger partial charge < -0.3 is 24.8 Å². The minimum Gasteiger partial charge on any atom is -0.490 e. The van der Waals surface area contributed by atoms with Crippen molar-refractivity contribution in [3.8, 4) is 5.75 Å². The largest absolute Gasteiger partial charge is 0.490 e. The highest BCUT2D eigenvalue weighted by molar-refractivity contribution is 7.89. The van der Waals surface area contributed by atoms with Crippen molar-refractivity contribution in [2.45, 2.75) is 95.3 Å². The Morgan fingerprint density at radius 2 is 1.74 bits per heavy atom. The predicted octanol–water partition coefficient (Wildman–Crippen LogP) is 5.46. The lowest BCUT2D eigenvalue weighted by Gasteiger charge is -2.35. The number of halogens is 1. The van der Waals surface area contributed by atoms with Gasteiger partial charge in [0, 0.05) is 44.3 Å². The van der Waals surface area contributed by atoms with Gasteiger partial charge in [-0.3, -0.25) is 9.59 Å². The number of hydrogen-bond donors (Lipinski definition) is 2. The Labute approximate surface area is 278 Å². The standard InChI is InChI=1S/C35H50FN3O7S/c1-24-21-39(25(2)23-40)35(42)31-20-29(37-34(41)27-11-6-5-7-12-27)15-18-32(31)46-26(3)10-8-9-19-45-33(24)22-38(4)47(43,44)30-16-13-28(36)14-17-30/h13-18,20,24-27,33,40H,5-12,19,21-23H2,1-4H3,(H,37,41)/t24-,25+,26-,33+/m0/s1. The fourth-order valence-corrected chi connectivity index (χ4v) is 7.39. The first-order chi connectivity index (χ1) is 22.4. The second-order valence-corrected chi connectivity index (χ2v) is 15.1. The summed E-state index contributed by atoms with van der Waals surface area (Å²) in [4.78, 5) is 28.9. The predicted molar refractivity (Wildman–Crippen MR) is 178 cm³/mol. The summed E-state index contributed by atoms with van der Waals surface area (Å²) in [6, 6.07) is 9.22. The quantitative estimate of drug-likeness (QED) is 0.381. The Kier molecular flexibility index (Phi) is 13.2. The van der Waals surface area contributed by atoms with Gasteiger partial charge >= 0.3 is 0 Å². The van der Waals surface area contributed by atoms with Gasteiger partial charge in [-0.25, -0.2) is 12.8 Å². The van der Waals surface area contributed by atoms with Crippen LogP contribution in [0.3, 0.4) is 0 Å². The van der Waals surface area contributed by atoms with Crippen LogP contribution in [0.4, 0.5) is 10.1 Å². The zero-order valence-corrected chi connectivity index (χ0v) is 28.8. The van der Waals surface area contributed by atoms with Crippen LogP contribution in [0.5, 0.6) is 5.75 Å². The van der Waals surface area contributed by atoms with E-state index >= 15 is 0 Å². The third-order valence-electron chi connectivity index (χ3n) is 9.25. The molecule has 1 fully saturated rings. The fraction of sp³-hybridized carbons (Fsp3) is 0.600. The summed E-state index contributed by atoms with van der Waals surface area (Å²) in [6.07, 6.45) is 6.29. The van der Waals surface area contributed by atoms with Crippen molar-refractivity contribution in [2.24, 2.45) is 11.8 Å². The summed E-state index contributed by atoms with van der Waals surface area (Å²) in [5.41, 5.74) is 0.778. The third-order valence-corrected chi connectivity index (χ3v) is 11.1. The number of benzene rings is 2. The number of sulfonamides is 1. The number of aliphatic hydroxyl groups excluding tert-OH is 1. The molecule has 0 saturated heterocycles. The molecule has 0 aromatic heterocycles. The third kappa shape index (κ3) is 9.74. The molecule has 2 aliphatic rings. The van der Waals surface area contributed by atoms with Gasteiger partial charge in [0.1, 0.15) is 11.6 Å². The SMILES string of the molecule is C[C@H](CO)N1C[C@H](C)[C@@H](CN(C)S(=O)(=O)c2ccc(F)cc2)OCCCC[C@H](C)Oc2ccc(NC(=O)C3CCCCC3)cc2C1=O. The van der Waals surface area contributed by atoms with Crippen LogP contribution in [0.1, 0.15) is 82.5 Å². The maximum Gasteiger partial charge on any atom is 0.258 e.